The maximum Gasteiger partial charge on any atom is 0.233 e. The van der Waals surface area contributed by atoms with Gasteiger partial charge in [-0.15, -0.1) is 0 Å². The fourth-order valence-corrected chi connectivity index (χ4v) is 3.76. The standard InChI is InChI=1S/C18H20N2O3/c1-19(12-5-3-2-4-6-12)16(21)13-9-14-15(13)18(23)20(17(14)22)10-11-7-8-11/h2-6,11,13-15H,7-10H2,1H3/t13-,14-,15+/m0/s1. The van der Waals surface area contributed by atoms with Gasteiger partial charge in [-0.1, -0.05) is 18.2 Å². The monoisotopic (exact) mass is 312 g/mol. The van der Waals surface area contributed by atoms with Crippen LogP contribution in [0.4, 0.5) is 5.69 Å². The number of imide groups is 1. The van der Waals surface area contributed by atoms with Crippen molar-refractivity contribution in [3.05, 3.63) is 30.3 Å². The molecule has 0 aromatic heterocycles. The molecule has 3 fully saturated rings. The van der Waals surface area contributed by atoms with Gasteiger partial charge in [-0.25, -0.2) is 0 Å². The van der Waals surface area contributed by atoms with Gasteiger partial charge in [0.1, 0.15) is 0 Å². The van der Waals surface area contributed by atoms with E-state index in [1.165, 1.54) is 4.90 Å². The molecule has 0 unspecified atom stereocenters. The summed E-state index contributed by atoms with van der Waals surface area (Å²) in [5.74, 6) is -0.810. The van der Waals surface area contributed by atoms with Crippen molar-refractivity contribution in [3.63, 3.8) is 0 Å². The summed E-state index contributed by atoms with van der Waals surface area (Å²) in [5.41, 5.74) is 0.813. The Labute approximate surface area is 135 Å². The highest BCUT2D eigenvalue weighted by Crippen LogP contribution is 2.49. The van der Waals surface area contributed by atoms with E-state index in [0.29, 0.717) is 18.9 Å². The number of hydrogen-bond donors (Lipinski definition) is 0. The lowest BCUT2D eigenvalue weighted by Crippen LogP contribution is -2.48. The van der Waals surface area contributed by atoms with Crippen LogP contribution in [0.15, 0.2) is 30.3 Å². The molecule has 5 nitrogen and oxygen atoms in total. The first-order valence-corrected chi connectivity index (χ1v) is 8.25. The topological polar surface area (TPSA) is 57.7 Å². The highest BCUT2D eigenvalue weighted by Gasteiger charge is 2.61. The minimum absolute atomic E-state index is 0.0571. The molecule has 3 aliphatic rings. The van der Waals surface area contributed by atoms with Gasteiger partial charge in [0.05, 0.1) is 17.8 Å². The molecule has 5 heteroatoms. The summed E-state index contributed by atoms with van der Waals surface area (Å²) in [6.07, 6.45) is 2.71. The molecule has 3 atom stereocenters. The van der Waals surface area contributed by atoms with Gasteiger partial charge in [0.15, 0.2) is 0 Å². The Morgan fingerprint density at radius 3 is 2.52 bits per heavy atom. The van der Waals surface area contributed by atoms with Crippen molar-refractivity contribution in [2.24, 2.45) is 23.7 Å². The molecule has 1 aromatic carbocycles. The van der Waals surface area contributed by atoms with Crippen LogP contribution in [0.5, 0.6) is 0 Å². The highest BCUT2D eigenvalue weighted by molar-refractivity contribution is 6.10. The summed E-state index contributed by atoms with van der Waals surface area (Å²) in [6, 6.07) is 9.40. The third-order valence-electron chi connectivity index (χ3n) is 5.44. The van der Waals surface area contributed by atoms with E-state index in [0.717, 1.165) is 18.5 Å². The minimum Gasteiger partial charge on any atom is -0.315 e. The van der Waals surface area contributed by atoms with E-state index in [9.17, 15) is 14.4 Å². The van der Waals surface area contributed by atoms with Crippen LogP contribution in [0.3, 0.4) is 0 Å². The Morgan fingerprint density at radius 2 is 1.87 bits per heavy atom. The van der Waals surface area contributed by atoms with Crippen LogP contribution in [-0.4, -0.2) is 36.2 Å². The summed E-state index contributed by atoms with van der Waals surface area (Å²) in [5, 5.41) is 0. The van der Waals surface area contributed by atoms with Crippen molar-refractivity contribution in [3.8, 4) is 0 Å². The zero-order chi connectivity index (χ0) is 16.1. The molecule has 0 N–H and O–H groups in total. The van der Waals surface area contributed by atoms with Gasteiger partial charge in [-0.2, -0.15) is 0 Å². The molecule has 0 radical (unpaired) electrons. The Hall–Kier alpha value is -2.17. The van der Waals surface area contributed by atoms with Crippen LogP contribution >= 0.6 is 0 Å². The maximum atomic E-state index is 12.7. The Bertz CT molecular complexity index is 668. The third kappa shape index (κ3) is 2.26. The summed E-state index contributed by atoms with van der Waals surface area (Å²) in [6.45, 7) is 0.556. The van der Waals surface area contributed by atoms with Gasteiger partial charge >= 0.3 is 0 Å². The molecule has 1 aliphatic heterocycles. The molecule has 120 valence electrons. The Morgan fingerprint density at radius 1 is 1.17 bits per heavy atom. The average Bonchev–Trinajstić information content (AvgIpc) is 3.32. The SMILES string of the molecule is CN(C(=O)[C@H]1C[C@@H]2C(=O)N(CC3CC3)C(=O)[C@@H]21)c1ccccc1. The predicted octanol–water partition coefficient (Wildman–Crippen LogP) is 1.68. The van der Waals surface area contributed by atoms with Gasteiger partial charge in [0.25, 0.3) is 0 Å². The number of hydrogen-bond acceptors (Lipinski definition) is 3. The summed E-state index contributed by atoms with van der Waals surface area (Å²) in [7, 11) is 1.73. The zero-order valence-electron chi connectivity index (χ0n) is 13.1. The number of benzene rings is 1. The third-order valence-corrected chi connectivity index (χ3v) is 5.44. The van der Waals surface area contributed by atoms with Crippen molar-refractivity contribution in [2.45, 2.75) is 19.3 Å². The van der Waals surface area contributed by atoms with Crippen molar-refractivity contribution >= 4 is 23.4 Å². The summed E-state index contributed by atoms with van der Waals surface area (Å²) in [4.78, 5) is 40.6. The van der Waals surface area contributed by atoms with Crippen LogP contribution in [0.1, 0.15) is 19.3 Å². The second kappa shape index (κ2) is 5.18. The lowest BCUT2D eigenvalue weighted by molar-refractivity contribution is -0.142. The number of amides is 3. The van der Waals surface area contributed by atoms with Crippen LogP contribution in [0.25, 0.3) is 0 Å². The largest absolute Gasteiger partial charge is 0.315 e. The lowest BCUT2D eigenvalue weighted by Gasteiger charge is -2.37. The molecule has 0 spiro atoms. The lowest BCUT2D eigenvalue weighted by atomic mass is 9.65. The number of carbonyl (C=O) groups is 3. The smallest absolute Gasteiger partial charge is 0.233 e. The van der Waals surface area contributed by atoms with Crippen molar-refractivity contribution in [2.75, 3.05) is 18.5 Å². The van der Waals surface area contributed by atoms with Gasteiger partial charge in [-0.05, 0) is 37.3 Å². The number of nitrogens with zero attached hydrogens (tertiary/aromatic N) is 2. The van der Waals surface area contributed by atoms with E-state index < -0.39 is 5.92 Å². The summed E-state index contributed by atoms with van der Waals surface area (Å²) >= 11 is 0. The molecule has 1 saturated heterocycles. The molecule has 2 saturated carbocycles. The molecule has 23 heavy (non-hydrogen) atoms. The average molecular weight is 312 g/mol. The van der Waals surface area contributed by atoms with Crippen molar-refractivity contribution in [1.82, 2.24) is 4.90 Å². The zero-order valence-corrected chi connectivity index (χ0v) is 13.1. The van der Waals surface area contributed by atoms with E-state index in [1.807, 2.05) is 30.3 Å². The first-order valence-electron chi connectivity index (χ1n) is 8.25. The van der Waals surface area contributed by atoms with Gasteiger partial charge in [0, 0.05) is 19.3 Å². The van der Waals surface area contributed by atoms with E-state index in [2.05, 4.69) is 0 Å². The first-order chi connectivity index (χ1) is 11.1. The van der Waals surface area contributed by atoms with Gasteiger partial charge in [-0.3, -0.25) is 19.3 Å². The molecule has 4 rings (SSSR count). The predicted molar refractivity (Wildman–Crippen MR) is 84.4 cm³/mol. The quantitative estimate of drug-likeness (QED) is 0.795. The number of carbonyl (C=O) groups excluding carboxylic acids is 3. The highest BCUT2D eigenvalue weighted by atomic mass is 16.2. The van der Waals surface area contributed by atoms with E-state index in [-0.39, 0.29) is 29.6 Å². The number of likely N-dealkylation sites (tertiary alicyclic amines) is 1. The van der Waals surface area contributed by atoms with Crippen LogP contribution in [-0.2, 0) is 14.4 Å². The molecular weight excluding hydrogens is 292 g/mol. The fraction of sp³-hybridized carbons (Fsp3) is 0.500. The van der Waals surface area contributed by atoms with Crippen LogP contribution in [0.2, 0.25) is 0 Å². The molecule has 2 aliphatic carbocycles. The van der Waals surface area contributed by atoms with E-state index >= 15 is 0 Å². The van der Waals surface area contributed by atoms with Crippen LogP contribution in [0, 0.1) is 23.7 Å². The molecule has 3 amide bonds. The Kier molecular flexibility index (Phi) is 3.25. The molecular formula is C18H20N2O3. The first kappa shape index (κ1) is 14.4. The second-order valence-electron chi connectivity index (χ2n) is 6.94. The molecule has 0 bridgehead atoms. The second-order valence-corrected chi connectivity index (χ2v) is 6.94. The minimum atomic E-state index is -0.431. The van der Waals surface area contributed by atoms with Crippen LogP contribution < -0.4 is 4.90 Å². The van der Waals surface area contributed by atoms with Gasteiger partial charge < -0.3 is 4.90 Å². The maximum absolute atomic E-state index is 12.7. The normalized spacial score (nSPS) is 29.3. The van der Waals surface area contributed by atoms with Crippen molar-refractivity contribution < 1.29 is 14.4 Å². The summed E-state index contributed by atoms with van der Waals surface area (Å²) < 4.78 is 0. The number of rotatable bonds is 4. The van der Waals surface area contributed by atoms with Crippen molar-refractivity contribution in [1.29, 1.82) is 0 Å². The Balaban J connectivity index is 1.48. The number of anilines is 1. The van der Waals surface area contributed by atoms with E-state index in [1.54, 1.807) is 11.9 Å². The van der Waals surface area contributed by atoms with E-state index in [4.69, 9.17) is 0 Å². The number of fused-ring (bicyclic) bond motifs is 1. The van der Waals surface area contributed by atoms with Gasteiger partial charge in [0.2, 0.25) is 17.7 Å². The molecule has 1 aromatic rings. The number of para-hydroxylation sites is 1. The fourth-order valence-electron chi connectivity index (χ4n) is 3.76. The molecule has 1 heterocycles.